The van der Waals surface area contributed by atoms with E-state index in [0.717, 1.165) is 18.2 Å². The fourth-order valence-corrected chi connectivity index (χ4v) is 2.31. The van der Waals surface area contributed by atoms with Crippen molar-refractivity contribution in [1.82, 2.24) is 20.5 Å². The third-order valence-corrected chi connectivity index (χ3v) is 3.83. The number of hydrogen-bond donors (Lipinski definition) is 2. The molecule has 1 amide bonds. The van der Waals surface area contributed by atoms with Crippen molar-refractivity contribution in [2.45, 2.75) is 51.9 Å². The summed E-state index contributed by atoms with van der Waals surface area (Å²) in [6.07, 6.45) is -0.674. The zero-order valence-electron chi connectivity index (χ0n) is 16.2. The molecule has 0 radical (unpaired) electrons. The molecule has 0 saturated carbocycles. The van der Waals surface area contributed by atoms with Crippen molar-refractivity contribution >= 4 is 6.09 Å². The average Bonchev–Trinajstić information content (AvgIpc) is 3.02. The van der Waals surface area contributed by atoms with Crippen LogP contribution in [0.2, 0.25) is 0 Å². The monoisotopic (exact) mass is 382 g/mol. The number of halogens is 2. The number of alkyl carbamates (subject to hydrolysis) is 1. The zero-order chi connectivity index (χ0) is 20.4. The molecular formula is C18H24F2N4O3. The number of aromatic nitrogens is 3. The third kappa shape index (κ3) is 5.22. The average molecular weight is 382 g/mol. The van der Waals surface area contributed by atoms with E-state index < -0.39 is 35.0 Å². The molecule has 1 atom stereocenters. The van der Waals surface area contributed by atoms with Gasteiger partial charge in [0.25, 0.3) is 0 Å². The molecule has 9 heteroatoms. The Bertz CT molecular complexity index is 815. The van der Waals surface area contributed by atoms with Crippen LogP contribution in [-0.4, -0.2) is 39.6 Å². The summed E-state index contributed by atoms with van der Waals surface area (Å²) in [5.74, 6) is -1.10. The van der Waals surface area contributed by atoms with E-state index in [1.54, 1.807) is 34.6 Å². The number of H-pyrrole nitrogens is 1. The van der Waals surface area contributed by atoms with Gasteiger partial charge in [0.1, 0.15) is 23.3 Å². The lowest BCUT2D eigenvalue weighted by atomic mass is 9.98. The van der Waals surface area contributed by atoms with Gasteiger partial charge in [0.15, 0.2) is 11.6 Å². The first-order valence-electron chi connectivity index (χ1n) is 8.35. The quantitative estimate of drug-likeness (QED) is 0.822. The van der Waals surface area contributed by atoms with Crippen molar-refractivity contribution in [3.05, 3.63) is 35.7 Å². The minimum Gasteiger partial charge on any atom is -0.444 e. The lowest BCUT2D eigenvalue weighted by Gasteiger charge is -2.32. The van der Waals surface area contributed by atoms with E-state index in [1.807, 2.05) is 0 Å². The largest absolute Gasteiger partial charge is 0.444 e. The number of benzene rings is 1. The van der Waals surface area contributed by atoms with Crippen LogP contribution in [0.25, 0.3) is 11.4 Å². The molecule has 1 unspecified atom stereocenters. The van der Waals surface area contributed by atoms with Gasteiger partial charge in [0.2, 0.25) is 0 Å². The Kier molecular flexibility index (Phi) is 5.84. The van der Waals surface area contributed by atoms with Crippen LogP contribution in [0.5, 0.6) is 0 Å². The van der Waals surface area contributed by atoms with Crippen molar-refractivity contribution < 1.29 is 23.0 Å². The van der Waals surface area contributed by atoms with E-state index in [1.165, 1.54) is 7.11 Å². The first-order chi connectivity index (χ1) is 12.4. The van der Waals surface area contributed by atoms with Crippen LogP contribution in [0.3, 0.4) is 0 Å². The van der Waals surface area contributed by atoms with Gasteiger partial charge in [-0.1, -0.05) is 0 Å². The number of amides is 1. The molecule has 2 aromatic rings. The molecule has 1 aromatic carbocycles. The van der Waals surface area contributed by atoms with Gasteiger partial charge in [0.05, 0.1) is 11.2 Å². The molecule has 0 aliphatic heterocycles. The summed E-state index contributed by atoms with van der Waals surface area (Å²) in [5.41, 5.74) is -1.68. The second-order valence-corrected chi connectivity index (χ2v) is 7.56. The van der Waals surface area contributed by atoms with Crippen molar-refractivity contribution in [2.75, 3.05) is 7.11 Å². The lowest BCUT2D eigenvalue weighted by molar-refractivity contribution is -0.0193. The van der Waals surface area contributed by atoms with E-state index in [-0.39, 0.29) is 17.2 Å². The number of ether oxygens (including phenoxy) is 2. The molecule has 2 N–H and O–H groups in total. The highest BCUT2D eigenvalue weighted by atomic mass is 19.1. The van der Waals surface area contributed by atoms with Gasteiger partial charge >= 0.3 is 6.09 Å². The van der Waals surface area contributed by atoms with Crippen LogP contribution in [0.15, 0.2) is 18.2 Å². The van der Waals surface area contributed by atoms with Gasteiger partial charge in [-0.3, -0.25) is 5.10 Å². The number of hydrogen-bond acceptors (Lipinski definition) is 5. The Morgan fingerprint density at radius 2 is 1.89 bits per heavy atom. The molecule has 1 aromatic heterocycles. The molecule has 1 heterocycles. The lowest BCUT2D eigenvalue weighted by Crippen LogP contribution is -2.45. The van der Waals surface area contributed by atoms with Crippen molar-refractivity contribution in [2.24, 2.45) is 0 Å². The molecule has 0 saturated heterocycles. The van der Waals surface area contributed by atoms with Gasteiger partial charge in [-0.15, -0.1) is 0 Å². The smallest absolute Gasteiger partial charge is 0.408 e. The summed E-state index contributed by atoms with van der Waals surface area (Å²) in [7, 11) is 1.48. The fraction of sp³-hybridized carbons (Fsp3) is 0.500. The van der Waals surface area contributed by atoms with Crippen LogP contribution in [0, 0.1) is 11.6 Å². The molecule has 27 heavy (non-hydrogen) atoms. The second-order valence-electron chi connectivity index (χ2n) is 7.56. The number of methoxy groups -OCH3 is 1. The molecule has 0 fully saturated rings. The molecule has 2 rings (SSSR count). The van der Waals surface area contributed by atoms with Gasteiger partial charge < -0.3 is 14.8 Å². The maximum absolute atomic E-state index is 14.0. The Balaban J connectivity index is 2.36. The molecular weight excluding hydrogens is 358 g/mol. The number of nitrogens with one attached hydrogen (secondary N) is 2. The third-order valence-electron chi connectivity index (χ3n) is 3.83. The van der Waals surface area contributed by atoms with E-state index in [9.17, 15) is 13.6 Å². The fourth-order valence-electron chi connectivity index (χ4n) is 2.31. The highest BCUT2D eigenvalue weighted by Crippen LogP contribution is 2.29. The van der Waals surface area contributed by atoms with Gasteiger partial charge in [-0.05, 0) is 52.8 Å². The van der Waals surface area contributed by atoms with E-state index >= 15 is 0 Å². The number of aromatic amines is 1. The highest BCUT2D eigenvalue weighted by Gasteiger charge is 2.36. The first-order valence-corrected chi connectivity index (χ1v) is 8.35. The maximum Gasteiger partial charge on any atom is 0.408 e. The molecule has 0 aliphatic carbocycles. The van der Waals surface area contributed by atoms with Crippen LogP contribution in [0.4, 0.5) is 13.6 Å². The molecule has 7 nitrogen and oxygen atoms in total. The zero-order valence-corrected chi connectivity index (χ0v) is 16.2. The van der Waals surface area contributed by atoms with Crippen LogP contribution < -0.4 is 5.32 Å². The summed E-state index contributed by atoms with van der Waals surface area (Å²) in [5, 5.41) is 9.29. The van der Waals surface area contributed by atoms with Gasteiger partial charge in [0, 0.05) is 7.11 Å². The van der Waals surface area contributed by atoms with E-state index in [0.29, 0.717) is 0 Å². The number of carbonyl (C=O) groups is 1. The Morgan fingerprint density at radius 3 is 2.48 bits per heavy atom. The van der Waals surface area contributed by atoms with Gasteiger partial charge in [-0.25, -0.2) is 18.6 Å². The van der Waals surface area contributed by atoms with E-state index in [2.05, 4.69) is 20.5 Å². The minimum absolute atomic E-state index is 0.0371. The number of nitrogens with zero attached hydrogens (tertiary/aromatic N) is 2. The SMILES string of the molecule is COC(C)(C)C(NC(=O)OC(C)(C)C)c1nc(-c2cc(F)ccc2F)n[nH]1. The Labute approximate surface area is 156 Å². The number of rotatable bonds is 5. The summed E-state index contributed by atoms with van der Waals surface area (Å²) < 4.78 is 38.2. The van der Waals surface area contributed by atoms with Gasteiger partial charge in [-0.2, -0.15) is 5.10 Å². The van der Waals surface area contributed by atoms with Crippen molar-refractivity contribution in [3.63, 3.8) is 0 Å². The van der Waals surface area contributed by atoms with Crippen LogP contribution in [-0.2, 0) is 9.47 Å². The summed E-state index contributed by atoms with van der Waals surface area (Å²) in [6, 6.07) is 2.22. The summed E-state index contributed by atoms with van der Waals surface area (Å²) in [4.78, 5) is 16.4. The van der Waals surface area contributed by atoms with E-state index in [4.69, 9.17) is 9.47 Å². The Hall–Kier alpha value is -2.55. The van der Waals surface area contributed by atoms with Crippen molar-refractivity contribution in [3.8, 4) is 11.4 Å². The van der Waals surface area contributed by atoms with Crippen molar-refractivity contribution in [1.29, 1.82) is 0 Å². The summed E-state index contributed by atoms with van der Waals surface area (Å²) in [6.45, 7) is 8.69. The molecule has 148 valence electrons. The normalized spacial score (nSPS) is 13.3. The molecule has 0 aliphatic rings. The molecule has 0 spiro atoms. The minimum atomic E-state index is -0.895. The molecule has 0 bridgehead atoms. The topological polar surface area (TPSA) is 89.1 Å². The summed E-state index contributed by atoms with van der Waals surface area (Å²) >= 11 is 0. The highest BCUT2D eigenvalue weighted by molar-refractivity contribution is 5.68. The Morgan fingerprint density at radius 1 is 1.22 bits per heavy atom. The van der Waals surface area contributed by atoms with Crippen LogP contribution in [0.1, 0.15) is 46.5 Å². The number of carbonyl (C=O) groups excluding carboxylic acids is 1. The predicted molar refractivity (Wildman–Crippen MR) is 94.9 cm³/mol. The second kappa shape index (κ2) is 7.59. The first kappa shape index (κ1) is 20.8. The maximum atomic E-state index is 14.0. The standard InChI is InChI=1S/C18H24F2N4O3/c1-17(2,3)27-16(25)21-13(18(4,5)26-6)15-22-14(23-24-15)11-9-10(19)7-8-12(11)20/h7-9,13H,1-6H3,(H,21,25)(H,22,23,24). The van der Waals surface area contributed by atoms with Crippen LogP contribution >= 0.6 is 0 Å². The predicted octanol–water partition coefficient (Wildman–Crippen LogP) is 3.74.